The van der Waals surface area contributed by atoms with Crippen LogP contribution in [0.1, 0.15) is 26.3 Å². The quantitative estimate of drug-likeness (QED) is 0.809. The van der Waals surface area contributed by atoms with Gasteiger partial charge < -0.3 is 5.32 Å². The largest absolute Gasteiger partial charge is 0.321 e. The van der Waals surface area contributed by atoms with Crippen molar-refractivity contribution < 1.29 is 9.59 Å². The third kappa shape index (κ3) is 1.92. The smallest absolute Gasteiger partial charge is 0.256 e. The third-order valence-corrected chi connectivity index (χ3v) is 4.19. The standard InChI is InChI=1S/C14H10N2O2S/c1-8-9(7-17)2-3-11-13(8)16-14(18)10-4-5-15-6-12(10)19-11/h2-7H,1H3,(H,16,18). The number of rotatable bonds is 1. The summed E-state index contributed by atoms with van der Waals surface area (Å²) in [6.07, 6.45) is 4.07. The predicted molar refractivity (Wildman–Crippen MR) is 72.9 cm³/mol. The molecular weight excluding hydrogens is 260 g/mol. The molecule has 2 aromatic rings. The van der Waals surface area contributed by atoms with E-state index in [1.54, 1.807) is 24.5 Å². The Kier molecular flexibility index (Phi) is 2.83. The average molecular weight is 270 g/mol. The number of hydrogen-bond donors (Lipinski definition) is 1. The van der Waals surface area contributed by atoms with E-state index in [4.69, 9.17) is 0 Å². The van der Waals surface area contributed by atoms with E-state index >= 15 is 0 Å². The monoisotopic (exact) mass is 270 g/mol. The number of fused-ring (bicyclic) bond motifs is 2. The van der Waals surface area contributed by atoms with Crippen molar-refractivity contribution in [2.24, 2.45) is 0 Å². The number of aldehydes is 1. The lowest BCUT2D eigenvalue weighted by Crippen LogP contribution is -2.13. The molecule has 0 saturated carbocycles. The van der Waals surface area contributed by atoms with Crippen molar-refractivity contribution in [3.8, 4) is 0 Å². The molecule has 1 aromatic carbocycles. The van der Waals surface area contributed by atoms with Crippen molar-refractivity contribution in [3.05, 3.63) is 47.3 Å². The number of carbonyl (C=O) groups excluding carboxylic acids is 2. The summed E-state index contributed by atoms with van der Waals surface area (Å²) in [5.41, 5.74) is 2.68. The highest BCUT2D eigenvalue weighted by molar-refractivity contribution is 7.99. The SMILES string of the molecule is Cc1c(C=O)ccc2c1NC(=O)c1ccncc1S2. The number of aromatic nitrogens is 1. The molecule has 0 bridgehead atoms. The summed E-state index contributed by atoms with van der Waals surface area (Å²) in [5.74, 6) is -0.171. The van der Waals surface area contributed by atoms with Gasteiger partial charge in [0, 0.05) is 27.7 Å². The van der Waals surface area contributed by atoms with Crippen molar-refractivity contribution >= 4 is 29.6 Å². The zero-order valence-electron chi connectivity index (χ0n) is 10.1. The molecule has 1 N–H and O–H groups in total. The van der Waals surface area contributed by atoms with E-state index in [0.29, 0.717) is 16.8 Å². The molecule has 1 aliphatic heterocycles. The van der Waals surface area contributed by atoms with Crippen LogP contribution in [0.5, 0.6) is 0 Å². The van der Waals surface area contributed by atoms with Gasteiger partial charge in [0.05, 0.1) is 11.3 Å². The fourth-order valence-corrected chi connectivity index (χ4v) is 3.08. The van der Waals surface area contributed by atoms with Crippen molar-refractivity contribution in [2.75, 3.05) is 5.32 Å². The van der Waals surface area contributed by atoms with E-state index in [1.807, 2.05) is 13.0 Å². The van der Waals surface area contributed by atoms with Gasteiger partial charge in [0.1, 0.15) is 6.29 Å². The van der Waals surface area contributed by atoms with Crippen LogP contribution in [0.25, 0.3) is 0 Å². The van der Waals surface area contributed by atoms with Crippen LogP contribution < -0.4 is 5.32 Å². The minimum atomic E-state index is -0.171. The van der Waals surface area contributed by atoms with Gasteiger partial charge in [0.15, 0.2) is 0 Å². The van der Waals surface area contributed by atoms with E-state index in [-0.39, 0.29) is 5.91 Å². The minimum Gasteiger partial charge on any atom is -0.321 e. The van der Waals surface area contributed by atoms with Gasteiger partial charge >= 0.3 is 0 Å². The van der Waals surface area contributed by atoms with E-state index < -0.39 is 0 Å². The summed E-state index contributed by atoms with van der Waals surface area (Å²) in [6, 6.07) is 5.31. The Balaban J connectivity index is 2.20. The van der Waals surface area contributed by atoms with Crippen LogP contribution in [0.15, 0.2) is 40.4 Å². The number of amides is 1. The first-order chi connectivity index (χ1) is 9.20. The Morgan fingerprint density at radius 2 is 2.11 bits per heavy atom. The number of nitrogens with one attached hydrogen (secondary N) is 1. The fraction of sp³-hybridized carbons (Fsp3) is 0.0714. The Hall–Kier alpha value is -2.14. The van der Waals surface area contributed by atoms with Crippen LogP contribution >= 0.6 is 11.8 Å². The number of pyridine rings is 1. The molecule has 4 nitrogen and oxygen atoms in total. The Bertz CT molecular complexity index is 698. The molecule has 19 heavy (non-hydrogen) atoms. The summed E-state index contributed by atoms with van der Waals surface area (Å²) in [6.45, 7) is 1.83. The number of anilines is 1. The first kappa shape index (κ1) is 11.9. The molecule has 0 atom stereocenters. The maximum absolute atomic E-state index is 12.2. The van der Waals surface area contributed by atoms with Gasteiger partial charge in [-0.2, -0.15) is 0 Å². The van der Waals surface area contributed by atoms with Gasteiger partial charge in [-0.3, -0.25) is 14.6 Å². The first-order valence-corrected chi connectivity index (χ1v) is 6.54. The van der Waals surface area contributed by atoms with Crippen LogP contribution in [-0.2, 0) is 0 Å². The predicted octanol–water partition coefficient (Wildman–Crippen LogP) is 2.92. The highest BCUT2D eigenvalue weighted by atomic mass is 32.2. The normalized spacial score (nSPS) is 13.0. The number of nitrogens with zero attached hydrogens (tertiary/aromatic N) is 1. The van der Waals surface area contributed by atoms with Gasteiger partial charge in [0.25, 0.3) is 5.91 Å². The van der Waals surface area contributed by atoms with E-state index in [1.165, 1.54) is 11.8 Å². The maximum atomic E-state index is 12.2. The van der Waals surface area contributed by atoms with Gasteiger partial charge in [-0.1, -0.05) is 17.8 Å². The third-order valence-electron chi connectivity index (χ3n) is 3.08. The molecule has 94 valence electrons. The first-order valence-electron chi connectivity index (χ1n) is 5.72. The van der Waals surface area contributed by atoms with Crippen molar-refractivity contribution in [1.29, 1.82) is 0 Å². The molecule has 3 rings (SSSR count). The Morgan fingerprint density at radius 1 is 1.26 bits per heavy atom. The summed E-state index contributed by atoms with van der Waals surface area (Å²) >= 11 is 1.48. The fourth-order valence-electron chi connectivity index (χ4n) is 2.02. The molecule has 0 fully saturated rings. The van der Waals surface area contributed by atoms with Gasteiger partial charge in [-0.25, -0.2) is 0 Å². The van der Waals surface area contributed by atoms with E-state index in [9.17, 15) is 9.59 Å². The van der Waals surface area contributed by atoms with Crippen LogP contribution in [-0.4, -0.2) is 17.2 Å². The van der Waals surface area contributed by atoms with Gasteiger partial charge in [-0.15, -0.1) is 0 Å². The second kappa shape index (κ2) is 4.51. The maximum Gasteiger partial charge on any atom is 0.256 e. The molecular formula is C14H10N2O2S. The van der Waals surface area contributed by atoms with Crippen molar-refractivity contribution in [3.63, 3.8) is 0 Å². The highest BCUT2D eigenvalue weighted by Gasteiger charge is 2.21. The Morgan fingerprint density at radius 3 is 2.89 bits per heavy atom. The number of carbonyl (C=O) groups is 2. The summed E-state index contributed by atoms with van der Waals surface area (Å²) < 4.78 is 0. The summed E-state index contributed by atoms with van der Waals surface area (Å²) in [7, 11) is 0. The summed E-state index contributed by atoms with van der Waals surface area (Å²) in [4.78, 5) is 28.9. The second-order valence-corrected chi connectivity index (χ2v) is 5.28. The number of benzene rings is 1. The Labute approximate surface area is 114 Å². The molecule has 0 saturated heterocycles. The van der Waals surface area contributed by atoms with E-state index in [2.05, 4.69) is 10.3 Å². The van der Waals surface area contributed by atoms with Crippen LogP contribution in [0.2, 0.25) is 0 Å². The summed E-state index contributed by atoms with van der Waals surface area (Å²) in [5, 5.41) is 2.88. The van der Waals surface area contributed by atoms with E-state index in [0.717, 1.165) is 21.6 Å². The molecule has 0 spiro atoms. The van der Waals surface area contributed by atoms with Gasteiger partial charge in [0.2, 0.25) is 0 Å². The van der Waals surface area contributed by atoms with Crippen molar-refractivity contribution in [2.45, 2.75) is 16.7 Å². The lowest BCUT2D eigenvalue weighted by molar-refractivity contribution is 0.102. The van der Waals surface area contributed by atoms with Crippen molar-refractivity contribution in [1.82, 2.24) is 4.98 Å². The van der Waals surface area contributed by atoms with Crippen LogP contribution in [0.4, 0.5) is 5.69 Å². The molecule has 5 heteroatoms. The molecule has 0 radical (unpaired) electrons. The average Bonchev–Trinajstić information content (AvgIpc) is 2.57. The number of hydrogen-bond acceptors (Lipinski definition) is 4. The zero-order chi connectivity index (χ0) is 13.4. The second-order valence-electron chi connectivity index (χ2n) is 4.20. The molecule has 0 aliphatic carbocycles. The molecule has 0 unspecified atom stereocenters. The zero-order valence-corrected chi connectivity index (χ0v) is 11.0. The lowest BCUT2D eigenvalue weighted by atomic mass is 10.1. The molecule has 2 heterocycles. The van der Waals surface area contributed by atoms with Crippen LogP contribution in [0, 0.1) is 6.92 Å². The topological polar surface area (TPSA) is 59.1 Å². The lowest BCUT2D eigenvalue weighted by Gasteiger charge is -2.11. The van der Waals surface area contributed by atoms with Gasteiger partial charge in [-0.05, 0) is 24.6 Å². The molecule has 1 aromatic heterocycles. The molecule has 1 amide bonds. The van der Waals surface area contributed by atoms with Crippen LogP contribution in [0.3, 0.4) is 0 Å². The highest BCUT2D eigenvalue weighted by Crippen LogP contribution is 2.40. The minimum absolute atomic E-state index is 0.171. The molecule has 1 aliphatic rings.